The first-order valence-electron chi connectivity index (χ1n) is 6.30. The first kappa shape index (κ1) is 13.8. The Morgan fingerprint density at radius 1 is 1.47 bits per heavy atom. The van der Waals surface area contributed by atoms with Gasteiger partial charge in [-0.15, -0.1) is 0 Å². The van der Waals surface area contributed by atoms with Crippen molar-refractivity contribution in [3.63, 3.8) is 0 Å². The summed E-state index contributed by atoms with van der Waals surface area (Å²) in [5.74, 6) is 0.119. The highest BCUT2D eigenvalue weighted by Gasteiger charge is 2.31. The van der Waals surface area contributed by atoms with Crippen LogP contribution < -0.4 is 10.6 Å². The molecule has 0 aromatic heterocycles. The van der Waals surface area contributed by atoms with E-state index in [1.807, 2.05) is 27.7 Å². The SMILES string of the molecule is CCC(C)NC(=O)NC1CC(=O)N(C(C)C)C1. The molecule has 1 saturated heterocycles. The predicted octanol–water partition coefficient (Wildman–Crippen LogP) is 1.09. The van der Waals surface area contributed by atoms with Gasteiger partial charge in [-0.2, -0.15) is 0 Å². The molecule has 5 nitrogen and oxygen atoms in total. The summed E-state index contributed by atoms with van der Waals surface area (Å²) in [5, 5.41) is 5.68. The van der Waals surface area contributed by atoms with Crippen molar-refractivity contribution in [2.45, 2.75) is 58.7 Å². The summed E-state index contributed by atoms with van der Waals surface area (Å²) in [6, 6.07) is 0.122. The number of hydrogen-bond acceptors (Lipinski definition) is 2. The molecule has 17 heavy (non-hydrogen) atoms. The zero-order chi connectivity index (χ0) is 13.0. The molecule has 3 amide bonds. The lowest BCUT2D eigenvalue weighted by atomic mass is 10.2. The first-order chi connectivity index (χ1) is 7.93. The normalized spacial score (nSPS) is 21.8. The molecule has 0 bridgehead atoms. The van der Waals surface area contributed by atoms with Gasteiger partial charge in [0, 0.05) is 25.0 Å². The summed E-state index contributed by atoms with van der Waals surface area (Å²) in [7, 11) is 0. The number of likely N-dealkylation sites (tertiary alicyclic amines) is 1. The highest BCUT2D eigenvalue weighted by Crippen LogP contribution is 2.13. The Bertz CT molecular complexity index is 291. The van der Waals surface area contributed by atoms with Crippen LogP contribution in [0.2, 0.25) is 0 Å². The fourth-order valence-corrected chi connectivity index (χ4v) is 1.88. The number of rotatable bonds is 4. The van der Waals surface area contributed by atoms with Gasteiger partial charge in [0.15, 0.2) is 0 Å². The van der Waals surface area contributed by atoms with Crippen LogP contribution in [0.1, 0.15) is 40.5 Å². The number of urea groups is 1. The molecule has 1 heterocycles. The third kappa shape index (κ3) is 3.91. The predicted molar refractivity (Wildman–Crippen MR) is 66.7 cm³/mol. The van der Waals surface area contributed by atoms with E-state index in [2.05, 4.69) is 10.6 Å². The van der Waals surface area contributed by atoms with Crippen molar-refractivity contribution in [1.82, 2.24) is 15.5 Å². The van der Waals surface area contributed by atoms with Gasteiger partial charge in [0.05, 0.1) is 6.04 Å². The average Bonchev–Trinajstić information content (AvgIpc) is 2.59. The maximum Gasteiger partial charge on any atom is 0.315 e. The summed E-state index contributed by atoms with van der Waals surface area (Å²) in [6.45, 7) is 8.56. The summed E-state index contributed by atoms with van der Waals surface area (Å²) in [4.78, 5) is 25.0. The minimum Gasteiger partial charge on any atom is -0.338 e. The standard InChI is InChI=1S/C12H23N3O2/c1-5-9(4)13-12(17)14-10-6-11(16)15(7-10)8(2)3/h8-10H,5-7H2,1-4H3,(H2,13,14,17). The molecule has 0 aromatic rings. The summed E-state index contributed by atoms with van der Waals surface area (Å²) < 4.78 is 0. The van der Waals surface area contributed by atoms with Crippen LogP contribution in [0.25, 0.3) is 0 Å². The second kappa shape index (κ2) is 5.89. The molecule has 1 aliphatic rings. The average molecular weight is 241 g/mol. The first-order valence-corrected chi connectivity index (χ1v) is 6.30. The second-order valence-corrected chi connectivity index (χ2v) is 4.97. The van der Waals surface area contributed by atoms with E-state index in [4.69, 9.17) is 0 Å². The topological polar surface area (TPSA) is 61.4 Å². The van der Waals surface area contributed by atoms with Gasteiger partial charge in [0.1, 0.15) is 0 Å². The Labute approximate surface area is 103 Å². The highest BCUT2D eigenvalue weighted by molar-refractivity contribution is 5.81. The van der Waals surface area contributed by atoms with Crippen LogP contribution in [0.4, 0.5) is 4.79 Å². The van der Waals surface area contributed by atoms with Gasteiger partial charge >= 0.3 is 6.03 Å². The summed E-state index contributed by atoms with van der Waals surface area (Å²) >= 11 is 0. The van der Waals surface area contributed by atoms with Crippen molar-refractivity contribution in [1.29, 1.82) is 0 Å². The van der Waals surface area contributed by atoms with E-state index in [1.54, 1.807) is 4.90 Å². The minimum absolute atomic E-state index is 0.0612. The quantitative estimate of drug-likeness (QED) is 0.774. The second-order valence-electron chi connectivity index (χ2n) is 4.97. The van der Waals surface area contributed by atoms with Crippen LogP contribution in [0, 0.1) is 0 Å². The van der Waals surface area contributed by atoms with E-state index in [0.717, 1.165) is 6.42 Å². The highest BCUT2D eigenvalue weighted by atomic mass is 16.2. The van der Waals surface area contributed by atoms with Crippen LogP contribution in [-0.2, 0) is 4.79 Å². The number of carbonyl (C=O) groups excluding carboxylic acids is 2. The van der Waals surface area contributed by atoms with Crippen LogP contribution in [0.3, 0.4) is 0 Å². The molecule has 98 valence electrons. The molecule has 2 atom stereocenters. The molecule has 0 saturated carbocycles. The van der Waals surface area contributed by atoms with Crippen LogP contribution >= 0.6 is 0 Å². The summed E-state index contributed by atoms with van der Waals surface area (Å²) in [6.07, 6.45) is 1.31. The van der Waals surface area contributed by atoms with E-state index in [0.29, 0.717) is 13.0 Å². The molecular formula is C12H23N3O2. The Balaban J connectivity index is 2.39. The number of nitrogens with zero attached hydrogens (tertiary/aromatic N) is 1. The fourth-order valence-electron chi connectivity index (χ4n) is 1.88. The molecule has 0 radical (unpaired) electrons. The van der Waals surface area contributed by atoms with Gasteiger partial charge in [-0.1, -0.05) is 6.92 Å². The van der Waals surface area contributed by atoms with Gasteiger partial charge in [-0.3, -0.25) is 4.79 Å². The third-order valence-electron chi connectivity index (χ3n) is 3.11. The molecule has 0 spiro atoms. The van der Waals surface area contributed by atoms with Gasteiger partial charge in [-0.05, 0) is 27.2 Å². The zero-order valence-corrected chi connectivity index (χ0v) is 11.1. The van der Waals surface area contributed by atoms with Crippen molar-refractivity contribution >= 4 is 11.9 Å². The van der Waals surface area contributed by atoms with Crippen LogP contribution in [0.5, 0.6) is 0 Å². The van der Waals surface area contributed by atoms with Crippen molar-refractivity contribution < 1.29 is 9.59 Å². The molecular weight excluding hydrogens is 218 g/mol. The number of nitrogens with one attached hydrogen (secondary N) is 2. The van der Waals surface area contributed by atoms with Gasteiger partial charge in [-0.25, -0.2) is 4.79 Å². The Morgan fingerprint density at radius 3 is 2.59 bits per heavy atom. The Morgan fingerprint density at radius 2 is 2.12 bits per heavy atom. The molecule has 1 aliphatic heterocycles. The van der Waals surface area contributed by atoms with E-state index >= 15 is 0 Å². The van der Waals surface area contributed by atoms with Crippen LogP contribution in [-0.4, -0.2) is 41.5 Å². The van der Waals surface area contributed by atoms with Crippen molar-refractivity contribution in [2.75, 3.05) is 6.54 Å². The smallest absolute Gasteiger partial charge is 0.315 e. The monoisotopic (exact) mass is 241 g/mol. The van der Waals surface area contributed by atoms with Gasteiger partial charge < -0.3 is 15.5 Å². The van der Waals surface area contributed by atoms with Crippen molar-refractivity contribution in [3.05, 3.63) is 0 Å². The molecule has 1 rings (SSSR count). The molecule has 2 N–H and O–H groups in total. The van der Waals surface area contributed by atoms with Gasteiger partial charge in [0.25, 0.3) is 0 Å². The van der Waals surface area contributed by atoms with E-state index in [-0.39, 0.29) is 30.1 Å². The Kier molecular flexibility index (Phi) is 4.78. The molecule has 0 aromatic carbocycles. The van der Waals surface area contributed by atoms with E-state index < -0.39 is 0 Å². The molecule has 2 unspecified atom stereocenters. The third-order valence-corrected chi connectivity index (χ3v) is 3.11. The summed E-state index contributed by atoms with van der Waals surface area (Å²) in [5.41, 5.74) is 0. The maximum absolute atomic E-state index is 11.6. The number of hydrogen-bond donors (Lipinski definition) is 2. The Hall–Kier alpha value is -1.26. The lowest BCUT2D eigenvalue weighted by Gasteiger charge is -2.21. The number of carbonyl (C=O) groups is 2. The van der Waals surface area contributed by atoms with E-state index in [9.17, 15) is 9.59 Å². The minimum atomic E-state index is -0.178. The lowest BCUT2D eigenvalue weighted by Crippen LogP contribution is -2.46. The molecule has 0 aliphatic carbocycles. The number of amides is 3. The lowest BCUT2D eigenvalue weighted by molar-refractivity contribution is -0.129. The molecule has 1 fully saturated rings. The van der Waals surface area contributed by atoms with Crippen molar-refractivity contribution in [3.8, 4) is 0 Å². The van der Waals surface area contributed by atoms with Gasteiger partial charge in [0.2, 0.25) is 5.91 Å². The maximum atomic E-state index is 11.6. The van der Waals surface area contributed by atoms with E-state index in [1.165, 1.54) is 0 Å². The van der Waals surface area contributed by atoms with Crippen LogP contribution in [0.15, 0.2) is 0 Å². The molecule has 5 heteroatoms. The fraction of sp³-hybridized carbons (Fsp3) is 0.833. The van der Waals surface area contributed by atoms with Crippen molar-refractivity contribution in [2.24, 2.45) is 0 Å². The largest absolute Gasteiger partial charge is 0.338 e. The zero-order valence-electron chi connectivity index (χ0n) is 11.1.